The summed E-state index contributed by atoms with van der Waals surface area (Å²) in [7, 11) is -0.517. The Morgan fingerprint density at radius 2 is 2.00 bits per heavy atom. The van der Waals surface area contributed by atoms with Crippen molar-refractivity contribution in [2.45, 2.75) is 18.4 Å². The van der Waals surface area contributed by atoms with Crippen LogP contribution >= 0.6 is 11.6 Å². The first kappa shape index (κ1) is 14.4. The van der Waals surface area contributed by atoms with Crippen LogP contribution in [0.15, 0.2) is 17.0 Å². The molecule has 2 N–H and O–H groups in total. The lowest BCUT2D eigenvalue weighted by Gasteiger charge is -2.16. The topological polar surface area (TPSA) is 69.6 Å². The Morgan fingerprint density at radius 1 is 1.41 bits per heavy atom. The summed E-state index contributed by atoms with van der Waals surface area (Å²) >= 11 is 5.83. The van der Waals surface area contributed by atoms with Gasteiger partial charge in [-0.1, -0.05) is 11.6 Å². The molecular weight excluding hydrogens is 264 g/mol. The molecule has 0 radical (unpaired) electrons. The summed E-state index contributed by atoms with van der Waals surface area (Å²) in [4.78, 5) is 2.39. The van der Waals surface area contributed by atoms with Crippen LogP contribution in [0.3, 0.4) is 0 Å². The Kier molecular flexibility index (Phi) is 4.51. The fraction of sp³-hybridized carbons (Fsp3) is 0.400. The minimum Gasteiger partial charge on any atom is -0.392 e. The Morgan fingerprint density at radius 3 is 2.47 bits per heavy atom. The zero-order valence-electron chi connectivity index (χ0n) is 9.86. The number of halogens is 1. The highest BCUT2D eigenvalue weighted by Gasteiger charge is 2.20. The van der Waals surface area contributed by atoms with Gasteiger partial charge in [0.1, 0.15) is 0 Å². The summed E-state index contributed by atoms with van der Waals surface area (Å²) in [5, 5.41) is 10.7. The fourth-order valence-corrected chi connectivity index (χ4v) is 3.14. The van der Waals surface area contributed by atoms with Gasteiger partial charge in [0.05, 0.1) is 11.5 Å². The predicted molar refractivity (Wildman–Crippen MR) is 66.1 cm³/mol. The van der Waals surface area contributed by atoms with E-state index in [9.17, 15) is 8.42 Å². The highest BCUT2D eigenvalue weighted by Crippen LogP contribution is 2.24. The van der Waals surface area contributed by atoms with Crippen molar-refractivity contribution in [1.82, 2.24) is 9.84 Å². The molecule has 17 heavy (non-hydrogen) atoms. The van der Waals surface area contributed by atoms with Crippen LogP contribution in [0.2, 0.25) is 5.02 Å². The van der Waals surface area contributed by atoms with Crippen LogP contribution in [-0.2, 0) is 16.6 Å². The highest BCUT2D eigenvalue weighted by atomic mass is 35.5. The molecule has 0 aliphatic carbocycles. The molecule has 96 valence electrons. The van der Waals surface area contributed by atoms with Gasteiger partial charge in [-0.3, -0.25) is 0 Å². The number of nitrogens with one attached hydrogen (secondary N) is 1. The van der Waals surface area contributed by atoms with Crippen LogP contribution in [0, 0.1) is 6.92 Å². The number of hydrogen-bond acceptors (Lipinski definition) is 4. The molecule has 5 nitrogen and oxygen atoms in total. The van der Waals surface area contributed by atoms with Gasteiger partial charge >= 0.3 is 0 Å². The van der Waals surface area contributed by atoms with Crippen molar-refractivity contribution >= 4 is 21.6 Å². The summed E-state index contributed by atoms with van der Waals surface area (Å²) in [5.41, 5.74) is 0.989. The molecule has 0 bridgehead atoms. The molecule has 1 aromatic rings. The van der Waals surface area contributed by atoms with E-state index in [1.54, 1.807) is 27.1 Å². The van der Waals surface area contributed by atoms with Gasteiger partial charge in [-0.2, -0.15) is 0 Å². The van der Waals surface area contributed by atoms with Gasteiger partial charge in [0.2, 0.25) is 0 Å². The number of rotatable bonds is 4. The van der Waals surface area contributed by atoms with Gasteiger partial charge in [-0.15, -0.1) is 4.83 Å². The number of benzene rings is 1. The quantitative estimate of drug-likeness (QED) is 0.803. The van der Waals surface area contributed by atoms with Crippen molar-refractivity contribution in [2.75, 3.05) is 14.1 Å². The first-order chi connectivity index (χ1) is 7.77. The third-order valence-electron chi connectivity index (χ3n) is 2.19. The van der Waals surface area contributed by atoms with Gasteiger partial charge in [0.15, 0.2) is 0 Å². The fourth-order valence-electron chi connectivity index (χ4n) is 1.44. The third-order valence-corrected chi connectivity index (χ3v) is 4.02. The minimum absolute atomic E-state index is 0.0720. The molecule has 0 amide bonds. The second-order valence-electron chi connectivity index (χ2n) is 3.84. The van der Waals surface area contributed by atoms with Crippen LogP contribution in [0.25, 0.3) is 0 Å². The summed E-state index contributed by atoms with van der Waals surface area (Å²) in [6.45, 7) is 1.38. The molecular formula is C10H15ClN2O3S. The monoisotopic (exact) mass is 278 g/mol. The lowest BCUT2D eigenvalue weighted by molar-refractivity contribution is 0.280. The largest absolute Gasteiger partial charge is 0.392 e. The van der Waals surface area contributed by atoms with E-state index in [0.717, 1.165) is 0 Å². The molecule has 0 aliphatic heterocycles. The summed E-state index contributed by atoms with van der Waals surface area (Å²) in [6, 6.07) is 2.91. The van der Waals surface area contributed by atoms with Crippen molar-refractivity contribution in [3.8, 4) is 0 Å². The molecule has 0 aromatic heterocycles. The number of hydrogen-bond donors (Lipinski definition) is 2. The maximum absolute atomic E-state index is 12.0. The van der Waals surface area contributed by atoms with Crippen molar-refractivity contribution < 1.29 is 13.5 Å². The summed E-state index contributed by atoms with van der Waals surface area (Å²) in [5.74, 6) is 0. The number of sulfonamides is 1. The van der Waals surface area contributed by atoms with Crippen LogP contribution in [-0.4, -0.2) is 32.6 Å². The SMILES string of the molecule is Cc1c(CO)cc(Cl)cc1S(=O)(=O)NN(C)C. The Labute approximate surface area is 106 Å². The summed E-state index contributed by atoms with van der Waals surface area (Å²) < 4.78 is 24.0. The van der Waals surface area contributed by atoms with Gasteiger partial charge in [-0.05, 0) is 30.2 Å². The molecule has 1 aromatic carbocycles. The van der Waals surface area contributed by atoms with Crippen molar-refractivity contribution in [3.05, 3.63) is 28.3 Å². The van der Waals surface area contributed by atoms with E-state index in [4.69, 9.17) is 16.7 Å². The predicted octanol–water partition coefficient (Wildman–Crippen LogP) is 0.896. The van der Waals surface area contributed by atoms with Crippen LogP contribution in [0.5, 0.6) is 0 Å². The van der Waals surface area contributed by atoms with Crippen LogP contribution in [0.1, 0.15) is 11.1 Å². The third kappa shape index (κ3) is 3.40. The number of aliphatic hydroxyl groups excluding tert-OH is 1. The molecule has 0 heterocycles. The van der Waals surface area contributed by atoms with Crippen molar-refractivity contribution in [2.24, 2.45) is 0 Å². The Hall–Kier alpha value is -0.660. The lowest BCUT2D eigenvalue weighted by Crippen LogP contribution is -2.36. The normalized spacial score (nSPS) is 12.1. The summed E-state index contributed by atoms with van der Waals surface area (Å²) in [6.07, 6.45) is 0. The maximum Gasteiger partial charge on any atom is 0.253 e. The average Bonchev–Trinajstić information content (AvgIpc) is 2.18. The van der Waals surface area contributed by atoms with E-state index >= 15 is 0 Å². The molecule has 0 saturated heterocycles. The van der Waals surface area contributed by atoms with E-state index in [1.807, 2.05) is 0 Å². The number of hydrazine groups is 1. The van der Waals surface area contributed by atoms with Gasteiger partial charge < -0.3 is 5.11 Å². The second kappa shape index (κ2) is 5.32. The van der Waals surface area contributed by atoms with Gasteiger partial charge in [-0.25, -0.2) is 13.4 Å². The lowest BCUT2D eigenvalue weighted by atomic mass is 10.1. The zero-order chi connectivity index (χ0) is 13.2. The smallest absolute Gasteiger partial charge is 0.253 e. The Balaban J connectivity index is 3.36. The molecule has 0 saturated carbocycles. The van der Waals surface area contributed by atoms with E-state index < -0.39 is 10.0 Å². The minimum atomic E-state index is -3.66. The highest BCUT2D eigenvalue weighted by molar-refractivity contribution is 7.89. The molecule has 7 heteroatoms. The molecule has 0 atom stereocenters. The standard InChI is InChI=1S/C10H15ClN2O3S/c1-7-8(6-14)4-9(11)5-10(7)17(15,16)12-13(2)3/h4-5,12,14H,6H2,1-3H3. The molecule has 0 aliphatic rings. The first-order valence-electron chi connectivity index (χ1n) is 4.87. The van der Waals surface area contributed by atoms with E-state index in [0.29, 0.717) is 11.1 Å². The van der Waals surface area contributed by atoms with Gasteiger partial charge in [0, 0.05) is 19.1 Å². The van der Waals surface area contributed by atoms with E-state index in [-0.39, 0.29) is 16.5 Å². The first-order valence-corrected chi connectivity index (χ1v) is 6.73. The average molecular weight is 279 g/mol. The van der Waals surface area contributed by atoms with Gasteiger partial charge in [0.25, 0.3) is 10.0 Å². The second-order valence-corrected chi connectivity index (χ2v) is 5.90. The van der Waals surface area contributed by atoms with Crippen LogP contribution in [0.4, 0.5) is 0 Å². The van der Waals surface area contributed by atoms with E-state index in [2.05, 4.69) is 4.83 Å². The van der Waals surface area contributed by atoms with Crippen molar-refractivity contribution in [3.63, 3.8) is 0 Å². The molecule has 0 unspecified atom stereocenters. The van der Waals surface area contributed by atoms with Crippen molar-refractivity contribution in [1.29, 1.82) is 0 Å². The zero-order valence-corrected chi connectivity index (χ0v) is 11.4. The maximum atomic E-state index is 12.0. The Bertz CT molecular complexity index is 515. The molecule has 0 spiro atoms. The molecule has 1 rings (SSSR count). The number of aliphatic hydroxyl groups is 1. The van der Waals surface area contributed by atoms with E-state index in [1.165, 1.54) is 11.1 Å². The number of nitrogens with zero attached hydrogens (tertiary/aromatic N) is 1. The van der Waals surface area contributed by atoms with Crippen LogP contribution < -0.4 is 4.83 Å². The molecule has 0 fully saturated rings.